The van der Waals surface area contributed by atoms with Gasteiger partial charge in [0.25, 0.3) is 0 Å². The second-order valence-electron chi connectivity index (χ2n) is 5.12. The van der Waals surface area contributed by atoms with Crippen LogP contribution < -0.4 is 0 Å². The average molecular weight is 281 g/mol. The van der Waals surface area contributed by atoms with E-state index in [4.69, 9.17) is 14.3 Å². The van der Waals surface area contributed by atoms with E-state index in [0.717, 1.165) is 25.1 Å². The van der Waals surface area contributed by atoms with E-state index in [1.807, 2.05) is 6.07 Å². The van der Waals surface area contributed by atoms with Crippen LogP contribution in [-0.4, -0.2) is 41.8 Å². The van der Waals surface area contributed by atoms with Crippen LogP contribution in [0.15, 0.2) is 16.5 Å². The molecular weight excluding hydrogens is 258 g/mol. The van der Waals surface area contributed by atoms with Gasteiger partial charge in [0.2, 0.25) is 5.76 Å². The van der Waals surface area contributed by atoms with Gasteiger partial charge in [-0.3, -0.25) is 4.90 Å². The van der Waals surface area contributed by atoms with E-state index in [2.05, 4.69) is 4.90 Å². The van der Waals surface area contributed by atoms with Gasteiger partial charge in [-0.05, 0) is 44.9 Å². The maximum atomic E-state index is 11.6. The second kappa shape index (κ2) is 7.45. The van der Waals surface area contributed by atoms with E-state index >= 15 is 0 Å². The van der Waals surface area contributed by atoms with Gasteiger partial charge in [-0.2, -0.15) is 0 Å². The lowest BCUT2D eigenvalue weighted by atomic mass is 9.99. The van der Waals surface area contributed by atoms with E-state index in [1.165, 1.54) is 12.8 Å². The molecule has 2 rings (SSSR count). The summed E-state index contributed by atoms with van der Waals surface area (Å²) in [7, 11) is 0. The molecule has 1 N–H and O–H groups in total. The minimum atomic E-state index is -0.413. The number of aliphatic hydroxyl groups is 1. The molecular formula is C15H23NO4. The molecule has 0 radical (unpaired) electrons. The van der Waals surface area contributed by atoms with Gasteiger partial charge in [0.05, 0.1) is 13.2 Å². The minimum absolute atomic E-state index is 0.216. The van der Waals surface area contributed by atoms with Crippen molar-refractivity contribution in [3.63, 3.8) is 0 Å². The molecule has 1 fully saturated rings. The standard InChI is InChI=1S/C15H23NO4/c1-2-19-15(18)14-7-6-13(20-14)11-16-9-4-3-5-12(16)8-10-17/h6-7,12,17H,2-5,8-11H2,1H3. The summed E-state index contributed by atoms with van der Waals surface area (Å²) in [5, 5.41) is 9.13. The Morgan fingerprint density at radius 2 is 2.35 bits per heavy atom. The normalized spacial score (nSPS) is 20.0. The van der Waals surface area contributed by atoms with Crippen molar-refractivity contribution in [3.8, 4) is 0 Å². The lowest BCUT2D eigenvalue weighted by Crippen LogP contribution is -2.39. The SMILES string of the molecule is CCOC(=O)c1ccc(CN2CCCCC2CCO)o1. The van der Waals surface area contributed by atoms with E-state index in [1.54, 1.807) is 13.0 Å². The molecule has 1 atom stereocenters. The number of ether oxygens (including phenoxy) is 1. The van der Waals surface area contributed by atoms with Crippen LogP contribution in [0, 0.1) is 0 Å². The first-order valence-corrected chi connectivity index (χ1v) is 7.35. The van der Waals surface area contributed by atoms with Crippen LogP contribution >= 0.6 is 0 Å². The monoisotopic (exact) mass is 281 g/mol. The number of likely N-dealkylation sites (tertiary alicyclic amines) is 1. The molecule has 1 unspecified atom stereocenters. The number of carbonyl (C=O) groups is 1. The van der Waals surface area contributed by atoms with Gasteiger partial charge in [0.1, 0.15) is 5.76 Å². The van der Waals surface area contributed by atoms with Crippen LogP contribution in [0.5, 0.6) is 0 Å². The third kappa shape index (κ3) is 3.84. The molecule has 0 aliphatic carbocycles. The first kappa shape index (κ1) is 15.1. The Kier molecular flexibility index (Phi) is 5.61. The summed E-state index contributed by atoms with van der Waals surface area (Å²) in [4.78, 5) is 13.9. The summed E-state index contributed by atoms with van der Waals surface area (Å²) >= 11 is 0. The maximum Gasteiger partial charge on any atom is 0.374 e. The van der Waals surface area contributed by atoms with Gasteiger partial charge in [-0.25, -0.2) is 4.79 Å². The molecule has 1 aromatic heterocycles. The molecule has 1 aliphatic rings. The first-order chi connectivity index (χ1) is 9.74. The largest absolute Gasteiger partial charge is 0.460 e. The number of nitrogens with zero attached hydrogens (tertiary/aromatic N) is 1. The zero-order chi connectivity index (χ0) is 14.4. The van der Waals surface area contributed by atoms with Crippen molar-refractivity contribution < 1.29 is 19.1 Å². The summed E-state index contributed by atoms with van der Waals surface area (Å²) < 4.78 is 10.5. The minimum Gasteiger partial charge on any atom is -0.460 e. The van der Waals surface area contributed by atoms with Crippen molar-refractivity contribution in [1.82, 2.24) is 4.90 Å². The smallest absolute Gasteiger partial charge is 0.374 e. The Balaban J connectivity index is 1.96. The molecule has 5 nitrogen and oxygen atoms in total. The molecule has 1 saturated heterocycles. The van der Waals surface area contributed by atoms with Crippen molar-refractivity contribution in [1.29, 1.82) is 0 Å². The third-order valence-corrected chi connectivity index (χ3v) is 3.71. The number of furan rings is 1. The highest BCUT2D eigenvalue weighted by molar-refractivity contribution is 5.86. The molecule has 1 aromatic rings. The molecule has 0 saturated carbocycles. The summed E-state index contributed by atoms with van der Waals surface area (Å²) in [6.45, 7) is 4.03. The average Bonchev–Trinajstić information content (AvgIpc) is 2.90. The number of hydrogen-bond acceptors (Lipinski definition) is 5. The lowest BCUT2D eigenvalue weighted by Gasteiger charge is -2.34. The molecule has 5 heteroatoms. The number of aliphatic hydroxyl groups excluding tert-OH is 1. The van der Waals surface area contributed by atoms with E-state index in [-0.39, 0.29) is 12.4 Å². The van der Waals surface area contributed by atoms with Gasteiger partial charge in [0.15, 0.2) is 0 Å². The Labute approximate surface area is 119 Å². The molecule has 0 aromatic carbocycles. The number of esters is 1. The number of piperidine rings is 1. The summed E-state index contributed by atoms with van der Waals surface area (Å²) in [5.74, 6) is 0.625. The van der Waals surface area contributed by atoms with Crippen LogP contribution in [-0.2, 0) is 11.3 Å². The van der Waals surface area contributed by atoms with Crippen LogP contribution in [0.1, 0.15) is 48.9 Å². The van der Waals surface area contributed by atoms with E-state index < -0.39 is 5.97 Å². The zero-order valence-electron chi connectivity index (χ0n) is 12.0. The van der Waals surface area contributed by atoms with Crippen molar-refractivity contribution in [2.24, 2.45) is 0 Å². The highest BCUT2D eigenvalue weighted by Gasteiger charge is 2.23. The highest BCUT2D eigenvalue weighted by atomic mass is 16.5. The zero-order valence-corrected chi connectivity index (χ0v) is 12.0. The molecule has 20 heavy (non-hydrogen) atoms. The Bertz CT molecular complexity index is 427. The fraction of sp³-hybridized carbons (Fsp3) is 0.667. The molecule has 0 spiro atoms. The lowest BCUT2D eigenvalue weighted by molar-refractivity contribution is 0.0483. The van der Waals surface area contributed by atoms with Gasteiger partial charge in [0, 0.05) is 12.6 Å². The summed E-state index contributed by atoms with van der Waals surface area (Å²) in [6.07, 6.45) is 4.30. The Morgan fingerprint density at radius 3 is 3.10 bits per heavy atom. The fourth-order valence-corrected chi connectivity index (χ4v) is 2.72. The molecule has 1 aliphatic heterocycles. The van der Waals surface area contributed by atoms with E-state index in [9.17, 15) is 4.79 Å². The Morgan fingerprint density at radius 1 is 1.50 bits per heavy atom. The van der Waals surface area contributed by atoms with Crippen molar-refractivity contribution in [2.75, 3.05) is 19.8 Å². The van der Waals surface area contributed by atoms with Gasteiger partial charge >= 0.3 is 5.97 Å². The predicted octanol–water partition coefficient (Wildman–Crippen LogP) is 2.19. The molecule has 2 heterocycles. The molecule has 112 valence electrons. The van der Waals surface area contributed by atoms with Crippen molar-refractivity contribution >= 4 is 5.97 Å². The van der Waals surface area contributed by atoms with Crippen molar-refractivity contribution in [2.45, 2.75) is 45.2 Å². The molecule has 0 amide bonds. The summed E-state index contributed by atoms with van der Waals surface area (Å²) in [5.41, 5.74) is 0. The number of hydrogen-bond donors (Lipinski definition) is 1. The molecule has 0 bridgehead atoms. The first-order valence-electron chi connectivity index (χ1n) is 7.35. The van der Waals surface area contributed by atoms with Gasteiger partial charge in [-0.15, -0.1) is 0 Å². The maximum absolute atomic E-state index is 11.6. The van der Waals surface area contributed by atoms with Crippen LogP contribution in [0.4, 0.5) is 0 Å². The fourth-order valence-electron chi connectivity index (χ4n) is 2.72. The van der Waals surface area contributed by atoms with Crippen molar-refractivity contribution in [3.05, 3.63) is 23.7 Å². The Hall–Kier alpha value is -1.33. The van der Waals surface area contributed by atoms with Crippen LogP contribution in [0.25, 0.3) is 0 Å². The number of carbonyl (C=O) groups excluding carboxylic acids is 1. The highest BCUT2D eigenvalue weighted by Crippen LogP contribution is 2.22. The second-order valence-corrected chi connectivity index (χ2v) is 5.12. The van der Waals surface area contributed by atoms with Gasteiger partial charge < -0.3 is 14.3 Å². The third-order valence-electron chi connectivity index (χ3n) is 3.71. The van der Waals surface area contributed by atoms with Crippen LogP contribution in [0.3, 0.4) is 0 Å². The summed E-state index contributed by atoms with van der Waals surface area (Å²) in [6, 6.07) is 3.90. The predicted molar refractivity (Wildman–Crippen MR) is 74.4 cm³/mol. The van der Waals surface area contributed by atoms with E-state index in [0.29, 0.717) is 19.2 Å². The number of rotatable bonds is 6. The van der Waals surface area contributed by atoms with Crippen LogP contribution in [0.2, 0.25) is 0 Å². The quantitative estimate of drug-likeness (QED) is 0.810. The topological polar surface area (TPSA) is 62.9 Å². The van der Waals surface area contributed by atoms with Gasteiger partial charge in [-0.1, -0.05) is 6.42 Å².